The maximum Gasteiger partial charge on any atom is 0.217 e. The Morgan fingerprint density at radius 2 is 2.16 bits per heavy atom. The Hall–Kier alpha value is -2.48. The van der Waals surface area contributed by atoms with E-state index in [9.17, 15) is 4.79 Å². The molecule has 2 aromatic heterocycles. The van der Waals surface area contributed by atoms with Crippen LogP contribution in [0.25, 0.3) is 11.4 Å². The first-order valence-electron chi connectivity index (χ1n) is 8.24. The number of hydrogen-bond donors (Lipinski definition) is 3. The Bertz CT molecular complexity index is 755. The monoisotopic (exact) mass is 360 g/mol. The fraction of sp³-hybridized carbons (Fsp3) is 0.412. The summed E-state index contributed by atoms with van der Waals surface area (Å²) < 4.78 is 0. The van der Waals surface area contributed by atoms with Crippen LogP contribution < -0.4 is 16.4 Å². The molecule has 2 heterocycles. The number of carbonyl (C=O) groups is 1. The summed E-state index contributed by atoms with van der Waals surface area (Å²) in [5.74, 6) is 0.294. The standard InChI is InChI=1S/C17H24N6OS/c1-4-5-9-19-16(18)23-17-22-15(11(2)25-17)14-8-6-7-13(21-14)10-20-12(3)24/h6-8H,4-5,9-10H2,1-3H3,(H,20,24)(H3,18,19,22,23). The number of hydrogen-bond acceptors (Lipinski definition) is 5. The van der Waals surface area contributed by atoms with E-state index in [1.54, 1.807) is 0 Å². The van der Waals surface area contributed by atoms with E-state index >= 15 is 0 Å². The quantitative estimate of drug-likeness (QED) is 0.400. The maximum atomic E-state index is 11.0. The minimum atomic E-state index is -0.0821. The number of aliphatic imine (C=N–C) groups is 1. The highest BCUT2D eigenvalue weighted by Crippen LogP contribution is 2.29. The molecule has 0 unspecified atom stereocenters. The number of guanidine groups is 1. The van der Waals surface area contributed by atoms with Gasteiger partial charge in [-0.1, -0.05) is 19.4 Å². The molecule has 25 heavy (non-hydrogen) atoms. The van der Waals surface area contributed by atoms with Crippen LogP contribution in [-0.4, -0.2) is 28.4 Å². The van der Waals surface area contributed by atoms with Gasteiger partial charge >= 0.3 is 0 Å². The number of nitrogens with two attached hydrogens (primary N) is 1. The van der Waals surface area contributed by atoms with Crippen LogP contribution in [0.1, 0.15) is 37.3 Å². The van der Waals surface area contributed by atoms with Crippen LogP contribution in [0.15, 0.2) is 23.2 Å². The van der Waals surface area contributed by atoms with Crippen LogP contribution >= 0.6 is 11.3 Å². The van der Waals surface area contributed by atoms with Crippen molar-refractivity contribution in [3.63, 3.8) is 0 Å². The molecule has 0 saturated carbocycles. The predicted octanol–water partition coefficient (Wildman–Crippen LogP) is 2.68. The Morgan fingerprint density at radius 3 is 2.88 bits per heavy atom. The van der Waals surface area contributed by atoms with Crippen molar-refractivity contribution in [2.75, 3.05) is 11.9 Å². The van der Waals surface area contributed by atoms with Crippen molar-refractivity contribution in [3.05, 3.63) is 28.8 Å². The van der Waals surface area contributed by atoms with E-state index in [1.165, 1.54) is 18.3 Å². The largest absolute Gasteiger partial charge is 0.370 e. The molecular weight excluding hydrogens is 336 g/mol. The van der Waals surface area contributed by atoms with Crippen LogP contribution in [-0.2, 0) is 11.3 Å². The number of rotatable bonds is 7. The van der Waals surface area contributed by atoms with Gasteiger partial charge in [0.1, 0.15) is 5.69 Å². The highest BCUT2D eigenvalue weighted by atomic mass is 32.1. The lowest BCUT2D eigenvalue weighted by molar-refractivity contribution is -0.119. The second-order valence-corrected chi connectivity index (χ2v) is 6.80. The third-order valence-electron chi connectivity index (χ3n) is 3.39. The van der Waals surface area contributed by atoms with E-state index in [4.69, 9.17) is 5.73 Å². The number of pyridine rings is 1. The Balaban J connectivity index is 2.13. The van der Waals surface area contributed by atoms with E-state index in [0.717, 1.165) is 34.8 Å². The molecule has 0 radical (unpaired) electrons. The van der Waals surface area contributed by atoms with Crippen molar-refractivity contribution in [2.45, 2.75) is 40.2 Å². The van der Waals surface area contributed by atoms with Crippen LogP contribution in [0.5, 0.6) is 0 Å². The van der Waals surface area contributed by atoms with Gasteiger partial charge in [-0.2, -0.15) is 0 Å². The van der Waals surface area contributed by atoms with Gasteiger partial charge in [-0.25, -0.2) is 9.97 Å². The molecule has 4 N–H and O–H groups in total. The lowest BCUT2D eigenvalue weighted by Crippen LogP contribution is -2.22. The van der Waals surface area contributed by atoms with Crippen molar-refractivity contribution in [1.82, 2.24) is 15.3 Å². The van der Waals surface area contributed by atoms with Crippen molar-refractivity contribution >= 4 is 28.3 Å². The number of anilines is 1. The number of aromatic nitrogens is 2. The zero-order valence-corrected chi connectivity index (χ0v) is 15.6. The minimum Gasteiger partial charge on any atom is -0.370 e. The van der Waals surface area contributed by atoms with Gasteiger partial charge in [-0.3, -0.25) is 9.79 Å². The van der Waals surface area contributed by atoms with E-state index < -0.39 is 0 Å². The topological polar surface area (TPSA) is 105 Å². The first-order chi connectivity index (χ1) is 12.0. The second-order valence-electron chi connectivity index (χ2n) is 5.59. The molecule has 2 rings (SSSR count). The third-order valence-corrected chi connectivity index (χ3v) is 4.28. The average molecular weight is 360 g/mol. The smallest absolute Gasteiger partial charge is 0.217 e. The molecular formula is C17H24N6OS. The van der Waals surface area contributed by atoms with Crippen LogP contribution in [0.2, 0.25) is 0 Å². The van der Waals surface area contributed by atoms with Gasteiger partial charge in [0.2, 0.25) is 5.91 Å². The SMILES string of the molecule is CCCCN=C(N)Nc1nc(-c2cccc(CNC(C)=O)n2)c(C)s1. The third kappa shape index (κ3) is 5.82. The highest BCUT2D eigenvalue weighted by Gasteiger charge is 2.12. The number of nitrogens with one attached hydrogen (secondary N) is 2. The normalized spacial score (nSPS) is 11.4. The Morgan fingerprint density at radius 1 is 1.36 bits per heavy atom. The number of unbranched alkanes of at least 4 members (excludes halogenated alkanes) is 1. The lowest BCUT2D eigenvalue weighted by Gasteiger charge is -2.04. The molecule has 1 amide bonds. The Kier molecular flexibility index (Phi) is 6.88. The maximum absolute atomic E-state index is 11.0. The summed E-state index contributed by atoms with van der Waals surface area (Å²) in [6.07, 6.45) is 2.09. The van der Waals surface area contributed by atoms with E-state index in [1.807, 2.05) is 25.1 Å². The predicted molar refractivity (Wildman–Crippen MR) is 103 cm³/mol. The highest BCUT2D eigenvalue weighted by molar-refractivity contribution is 7.16. The van der Waals surface area contributed by atoms with Crippen molar-refractivity contribution in [3.8, 4) is 11.4 Å². The van der Waals surface area contributed by atoms with Crippen LogP contribution in [0.3, 0.4) is 0 Å². The van der Waals surface area contributed by atoms with Crippen LogP contribution in [0, 0.1) is 6.92 Å². The number of carbonyl (C=O) groups excluding carboxylic acids is 1. The molecule has 2 aromatic rings. The number of amides is 1. The molecule has 0 fully saturated rings. The summed E-state index contributed by atoms with van der Waals surface area (Å²) in [6.45, 7) is 6.69. The molecule has 7 nitrogen and oxygen atoms in total. The van der Waals surface area contributed by atoms with Gasteiger partial charge in [0, 0.05) is 18.3 Å². The molecule has 0 bridgehead atoms. The van der Waals surface area contributed by atoms with Gasteiger partial charge in [0.15, 0.2) is 11.1 Å². The molecule has 0 spiro atoms. The fourth-order valence-electron chi connectivity index (χ4n) is 2.12. The molecule has 0 atom stereocenters. The molecule has 0 aliphatic heterocycles. The van der Waals surface area contributed by atoms with E-state index in [0.29, 0.717) is 24.2 Å². The van der Waals surface area contributed by atoms with Crippen LogP contribution in [0.4, 0.5) is 5.13 Å². The van der Waals surface area contributed by atoms with Crippen molar-refractivity contribution in [1.29, 1.82) is 0 Å². The zero-order chi connectivity index (χ0) is 18.2. The first-order valence-corrected chi connectivity index (χ1v) is 9.06. The number of aryl methyl sites for hydroxylation is 1. The second kappa shape index (κ2) is 9.12. The van der Waals surface area contributed by atoms with E-state index in [-0.39, 0.29) is 5.91 Å². The Labute approximate surface area is 151 Å². The summed E-state index contributed by atoms with van der Waals surface area (Å²) >= 11 is 1.51. The fourth-order valence-corrected chi connectivity index (χ4v) is 2.95. The molecule has 0 saturated heterocycles. The summed E-state index contributed by atoms with van der Waals surface area (Å²) in [5, 5.41) is 6.48. The summed E-state index contributed by atoms with van der Waals surface area (Å²) in [6, 6.07) is 5.69. The lowest BCUT2D eigenvalue weighted by atomic mass is 10.2. The molecule has 0 aliphatic rings. The van der Waals surface area contributed by atoms with Crippen molar-refractivity contribution < 1.29 is 4.79 Å². The van der Waals surface area contributed by atoms with Crippen molar-refractivity contribution in [2.24, 2.45) is 10.7 Å². The molecule has 0 aromatic carbocycles. The van der Waals surface area contributed by atoms with Gasteiger partial charge in [-0.05, 0) is 25.5 Å². The molecule has 8 heteroatoms. The number of thiazole rings is 1. The summed E-state index contributed by atoms with van der Waals surface area (Å²) in [4.78, 5) is 25.5. The van der Waals surface area contributed by atoms with Gasteiger partial charge < -0.3 is 16.4 Å². The van der Waals surface area contributed by atoms with E-state index in [2.05, 4.69) is 32.5 Å². The van der Waals surface area contributed by atoms with Gasteiger partial charge in [-0.15, -0.1) is 11.3 Å². The van der Waals surface area contributed by atoms with Gasteiger partial charge in [0.05, 0.1) is 17.9 Å². The first kappa shape index (κ1) is 18.9. The molecule has 134 valence electrons. The number of nitrogens with zero attached hydrogens (tertiary/aromatic N) is 3. The average Bonchev–Trinajstić information content (AvgIpc) is 2.93. The minimum absolute atomic E-state index is 0.0821. The van der Waals surface area contributed by atoms with Gasteiger partial charge in [0.25, 0.3) is 0 Å². The summed E-state index contributed by atoms with van der Waals surface area (Å²) in [5.41, 5.74) is 8.25. The molecule has 0 aliphatic carbocycles. The summed E-state index contributed by atoms with van der Waals surface area (Å²) in [7, 11) is 0. The zero-order valence-electron chi connectivity index (χ0n) is 14.8.